The molecule has 1 atom stereocenters. The zero-order chi connectivity index (χ0) is 13.8. The molecule has 0 amide bonds. The van der Waals surface area contributed by atoms with Crippen molar-refractivity contribution in [2.75, 3.05) is 13.2 Å². The highest BCUT2D eigenvalue weighted by molar-refractivity contribution is 5.97. The number of rotatable bonds is 4. The zero-order valence-corrected chi connectivity index (χ0v) is 9.98. The molecule has 0 saturated carbocycles. The average molecular weight is 267 g/mol. The highest BCUT2D eigenvalue weighted by Gasteiger charge is 2.23. The van der Waals surface area contributed by atoms with Crippen LogP contribution in [0.25, 0.3) is 0 Å². The minimum atomic E-state index is -0.570. The molecular formula is C11H13N3O5. The van der Waals surface area contributed by atoms with Crippen molar-refractivity contribution in [1.29, 1.82) is 0 Å². The van der Waals surface area contributed by atoms with Gasteiger partial charge in [-0.05, 0) is 12.1 Å². The standard InChI is InChI=1S/C11H13N3O5/c12-11(13-15)7-1-2-10(9(5-7)14(16)17)19-8-3-4-18-6-8/h1-2,5,8,15H,3-4,6H2,(H2,12,13). The number of oxime groups is 1. The highest BCUT2D eigenvalue weighted by atomic mass is 16.6. The zero-order valence-electron chi connectivity index (χ0n) is 9.98. The molecule has 1 aliphatic rings. The van der Waals surface area contributed by atoms with Crippen molar-refractivity contribution in [2.45, 2.75) is 12.5 Å². The molecule has 1 fully saturated rings. The van der Waals surface area contributed by atoms with Gasteiger partial charge in [-0.1, -0.05) is 5.16 Å². The Balaban J connectivity index is 2.29. The van der Waals surface area contributed by atoms with E-state index in [0.717, 1.165) is 0 Å². The van der Waals surface area contributed by atoms with Crippen molar-refractivity contribution in [3.8, 4) is 5.75 Å². The molecule has 0 bridgehead atoms. The smallest absolute Gasteiger partial charge is 0.311 e. The molecule has 0 aromatic heterocycles. The van der Waals surface area contributed by atoms with Gasteiger partial charge >= 0.3 is 5.69 Å². The lowest BCUT2D eigenvalue weighted by atomic mass is 10.1. The third-order valence-corrected chi connectivity index (χ3v) is 2.74. The summed E-state index contributed by atoms with van der Waals surface area (Å²) in [6, 6.07) is 4.14. The number of benzene rings is 1. The lowest BCUT2D eigenvalue weighted by Crippen LogP contribution is -2.17. The molecule has 1 unspecified atom stereocenters. The maximum absolute atomic E-state index is 11.0. The Kier molecular flexibility index (Phi) is 3.81. The fraction of sp³-hybridized carbons (Fsp3) is 0.364. The van der Waals surface area contributed by atoms with Crippen molar-refractivity contribution in [2.24, 2.45) is 10.9 Å². The molecule has 0 radical (unpaired) electrons. The van der Waals surface area contributed by atoms with E-state index in [1.54, 1.807) is 0 Å². The van der Waals surface area contributed by atoms with Crippen molar-refractivity contribution in [3.05, 3.63) is 33.9 Å². The monoisotopic (exact) mass is 267 g/mol. The fourth-order valence-electron chi connectivity index (χ4n) is 1.76. The van der Waals surface area contributed by atoms with Crippen LogP contribution in [-0.2, 0) is 4.74 Å². The number of amidine groups is 1. The van der Waals surface area contributed by atoms with Crippen LogP contribution in [0.2, 0.25) is 0 Å². The summed E-state index contributed by atoms with van der Waals surface area (Å²) in [4.78, 5) is 10.4. The Bertz CT molecular complexity index is 511. The second-order valence-electron chi connectivity index (χ2n) is 4.03. The van der Waals surface area contributed by atoms with Crippen LogP contribution in [0.1, 0.15) is 12.0 Å². The van der Waals surface area contributed by atoms with E-state index in [2.05, 4.69) is 5.16 Å². The predicted octanol–water partition coefficient (Wildman–Crippen LogP) is 0.857. The first-order valence-electron chi connectivity index (χ1n) is 5.62. The van der Waals surface area contributed by atoms with Crippen LogP contribution >= 0.6 is 0 Å². The van der Waals surface area contributed by atoms with E-state index in [1.807, 2.05) is 0 Å². The predicted molar refractivity (Wildman–Crippen MR) is 65.5 cm³/mol. The van der Waals surface area contributed by atoms with E-state index in [4.69, 9.17) is 20.4 Å². The van der Waals surface area contributed by atoms with E-state index in [-0.39, 0.29) is 28.9 Å². The van der Waals surface area contributed by atoms with Gasteiger partial charge in [-0.15, -0.1) is 0 Å². The third kappa shape index (κ3) is 2.91. The van der Waals surface area contributed by atoms with Gasteiger partial charge in [0.15, 0.2) is 11.6 Å². The van der Waals surface area contributed by atoms with Crippen LogP contribution in [0, 0.1) is 10.1 Å². The molecule has 0 aliphatic carbocycles. The summed E-state index contributed by atoms with van der Waals surface area (Å²) in [6.07, 6.45) is 0.507. The van der Waals surface area contributed by atoms with E-state index < -0.39 is 4.92 Å². The normalized spacial score (nSPS) is 19.4. The van der Waals surface area contributed by atoms with Gasteiger partial charge in [-0.2, -0.15) is 0 Å². The highest BCUT2D eigenvalue weighted by Crippen LogP contribution is 2.30. The minimum absolute atomic E-state index is 0.148. The molecule has 1 saturated heterocycles. The molecule has 1 aromatic carbocycles. The van der Waals surface area contributed by atoms with Crippen LogP contribution in [0.4, 0.5) is 5.69 Å². The molecule has 1 aliphatic heterocycles. The summed E-state index contributed by atoms with van der Waals surface area (Å²) in [6.45, 7) is 1.000. The number of hydrogen-bond acceptors (Lipinski definition) is 6. The van der Waals surface area contributed by atoms with Crippen LogP contribution in [0.15, 0.2) is 23.4 Å². The average Bonchev–Trinajstić information content (AvgIpc) is 2.91. The van der Waals surface area contributed by atoms with Crippen LogP contribution in [0.5, 0.6) is 5.75 Å². The largest absolute Gasteiger partial charge is 0.481 e. The summed E-state index contributed by atoms with van der Waals surface area (Å²) in [7, 11) is 0. The molecule has 102 valence electrons. The Hall–Kier alpha value is -2.35. The second-order valence-corrected chi connectivity index (χ2v) is 4.03. The quantitative estimate of drug-likeness (QED) is 0.274. The first-order chi connectivity index (χ1) is 9.11. The topological polar surface area (TPSA) is 120 Å². The molecule has 0 spiro atoms. The maximum Gasteiger partial charge on any atom is 0.311 e. The summed E-state index contributed by atoms with van der Waals surface area (Å²) in [5.74, 6) is -0.0474. The summed E-state index contributed by atoms with van der Waals surface area (Å²) in [5.41, 5.74) is 5.42. The van der Waals surface area contributed by atoms with Crippen LogP contribution in [-0.4, -0.2) is 35.3 Å². The number of nitrogens with two attached hydrogens (primary N) is 1. The lowest BCUT2D eigenvalue weighted by Gasteiger charge is -2.12. The van der Waals surface area contributed by atoms with Crippen LogP contribution in [0.3, 0.4) is 0 Å². The Morgan fingerprint density at radius 2 is 2.42 bits per heavy atom. The lowest BCUT2D eigenvalue weighted by molar-refractivity contribution is -0.386. The van der Waals surface area contributed by atoms with E-state index >= 15 is 0 Å². The molecule has 1 heterocycles. The van der Waals surface area contributed by atoms with E-state index in [9.17, 15) is 10.1 Å². The van der Waals surface area contributed by atoms with Crippen molar-refractivity contribution >= 4 is 11.5 Å². The van der Waals surface area contributed by atoms with Crippen molar-refractivity contribution < 1.29 is 19.6 Å². The molecule has 8 heteroatoms. The molecular weight excluding hydrogens is 254 g/mol. The van der Waals surface area contributed by atoms with Gasteiger partial charge in [-0.25, -0.2) is 0 Å². The van der Waals surface area contributed by atoms with Gasteiger partial charge in [0.2, 0.25) is 0 Å². The van der Waals surface area contributed by atoms with Gasteiger partial charge in [0.1, 0.15) is 6.10 Å². The molecule has 2 rings (SSSR count). The number of nitrogens with zero attached hydrogens (tertiary/aromatic N) is 2. The maximum atomic E-state index is 11.0. The van der Waals surface area contributed by atoms with Gasteiger partial charge in [0.05, 0.1) is 18.1 Å². The van der Waals surface area contributed by atoms with Gasteiger partial charge in [0.25, 0.3) is 0 Å². The van der Waals surface area contributed by atoms with Crippen molar-refractivity contribution in [1.82, 2.24) is 0 Å². The SMILES string of the molecule is NC(=NO)c1ccc(OC2CCOC2)c([N+](=O)[O-])c1. The molecule has 19 heavy (non-hydrogen) atoms. The summed E-state index contributed by atoms with van der Waals surface area (Å²) >= 11 is 0. The van der Waals surface area contributed by atoms with Crippen LogP contribution < -0.4 is 10.5 Å². The number of hydrogen-bond donors (Lipinski definition) is 2. The molecule has 8 nitrogen and oxygen atoms in total. The number of nitro groups is 1. The first kappa shape index (κ1) is 13.1. The first-order valence-corrected chi connectivity index (χ1v) is 5.62. The van der Waals surface area contributed by atoms with Gasteiger partial charge < -0.3 is 20.4 Å². The number of nitro benzene ring substituents is 1. The van der Waals surface area contributed by atoms with Gasteiger partial charge in [0, 0.05) is 18.1 Å². The Morgan fingerprint density at radius 1 is 1.63 bits per heavy atom. The summed E-state index contributed by atoms with van der Waals surface area (Å²) in [5, 5.41) is 22.4. The Labute approximate surface area is 108 Å². The number of ether oxygens (including phenoxy) is 2. The fourth-order valence-corrected chi connectivity index (χ4v) is 1.76. The Morgan fingerprint density at radius 3 is 3.00 bits per heavy atom. The summed E-state index contributed by atoms with van der Waals surface area (Å²) < 4.78 is 10.7. The molecule has 1 aromatic rings. The van der Waals surface area contributed by atoms with Gasteiger partial charge in [-0.3, -0.25) is 10.1 Å². The third-order valence-electron chi connectivity index (χ3n) is 2.74. The second kappa shape index (κ2) is 5.53. The van der Waals surface area contributed by atoms with E-state index in [1.165, 1.54) is 18.2 Å². The van der Waals surface area contributed by atoms with Crippen molar-refractivity contribution in [3.63, 3.8) is 0 Å². The minimum Gasteiger partial charge on any atom is -0.481 e. The van der Waals surface area contributed by atoms with E-state index in [0.29, 0.717) is 19.6 Å². The molecule has 3 N–H and O–H groups in total.